The fourth-order valence-corrected chi connectivity index (χ4v) is 3.98. The van der Waals surface area contributed by atoms with E-state index in [4.69, 9.17) is 9.47 Å². The Morgan fingerprint density at radius 3 is 2.56 bits per heavy atom. The number of anilines is 1. The van der Waals surface area contributed by atoms with Crippen LogP contribution in [0.25, 0.3) is 0 Å². The van der Waals surface area contributed by atoms with Crippen LogP contribution in [0.2, 0.25) is 0 Å². The largest absolute Gasteiger partial charge is 0.491 e. The molecule has 1 saturated carbocycles. The zero-order valence-corrected chi connectivity index (χ0v) is 19.7. The van der Waals surface area contributed by atoms with E-state index in [0.29, 0.717) is 36.5 Å². The molecule has 1 aliphatic carbocycles. The first kappa shape index (κ1) is 24.0. The van der Waals surface area contributed by atoms with Gasteiger partial charge in [0, 0.05) is 51.2 Å². The Morgan fingerprint density at radius 1 is 1.22 bits per heavy atom. The van der Waals surface area contributed by atoms with Gasteiger partial charge in [-0.2, -0.15) is 0 Å². The fraction of sp³-hybridized carbons (Fsp3) is 0.625. The van der Waals surface area contributed by atoms with Crippen LogP contribution in [0.1, 0.15) is 50.4 Å². The summed E-state index contributed by atoms with van der Waals surface area (Å²) in [6, 6.07) is 4.93. The number of methoxy groups -OCH3 is 1. The van der Waals surface area contributed by atoms with E-state index in [-0.39, 0.29) is 48.3 Å². The first-order valence-corrected chi connectivity index (χ1v) is 11.4. The number of carbonyl (C=O) groups is 3. The summed E-state index contributed by atoms with van der Waals surface area (Å²) in [5.74, 6) is 0.415. The summed E-state index contributed by atoms with van der Waals surface area (Å²) in [5.41, 5.74) is 0.917. The topological polar surface area (TPSA) is 88.2 Å². The molecule has 3 atom stereocenters. The molecule has 0 aromatic heterocycles. The molecule has 32 heavy (non-hydrogen) atoms. The van der Waals surface area contributed by atoms with Gasteiger partial charge in [0.05, 0.1) is 17.7 Å². The number of nitrogens with one attached hydrogen (secondary N) is 1. The third-order valence-corrected chi connectivity index (χ3v) is 6.26. The van der Waals surface area contributed by atoms with Crippen molar-refractivity contribution in [2.24, 2.45) is 11.8 Å². The SMILES string of the molecule is CCC(=O)Nc1ccc2c(c1)C(=O)N(C)C[C@H](OC)[C@H](C)CN(C(=O)C1CC1)[C@@H](C)CO2. The minimum absolute atomic E-state index is 0.0365. The van der Waals surface area contributed by atoms with Crippen molar-refractivity contribution in [2.45, 2.75) is 52.2 Å². The summed E-state index contributed by atoms with van der Waals surface area (Å²) in [5, 5.41) is 2.80. The van der Waals surface area contributed by atoms with E-state index >= 15 is 0 Å². The van der Waals surface area contributed by atoms with Crippen LogP contribution in [-0.2, 0) is 14.3 Å². The highest BCUT2D eigenvalue weighted by molar-refractivity contribution is 5.99. The van der Waals surface area contributed by atoms with Crippen LogP contribution in [-0.4, -0.2) is 73.5 Å². The Bertz CT molecular complexity index is 854. The van der Waals surface area contributed by atoms with E-state index in [9.17, 15) is 14.4 Å². The number of ether oxygens (including phenoxy) is 2. The minimum Gasteiger partial charge on any atom is -0.491 e. The van der Waals surface area contributed by atoms with E-state index in [1.54, 1.807) is 44.2 Å². The maximum atomic E-state index is 13.3. The molecule has 8 heteroatoms. The lowest BCUT2D eigenvalue weighted by Crippen LogP contribution is -2.49. The number of carbonyl (C=O) groups excluding carboxylic acids is 3. The molecular weight excluding hydrogens is 410 g/mol. The highest BCUT2D eigenvalue weighted by Crippen LogP contribution is 2.33. The number of nitrogens with zero attached hydrogens (tertiary/aromatic N) is 2. The molecule has 1 heterocycles. The van der Waals surface area contributed by atoms with Gasteiger partial charge in [-0.25, -0.2) is 0 Å². The Morgan fingerprint density at radius 2 is 1.94 bits per heavy atom. The molecule has 8 nitrogen and oxygen atoms in total. The molecule has 1 fully saturated rings. The van der Waals surface area contributed by atoms with Crippen molar-refractivity contribution >= 4 is 23.4 Å². The Labute approximate surface area is 190 Å². The summed E-state index contributed by atoms with van der Waals surface area (Å²) < 4.78 is 11.8. The van der Waals surface area contributed by atoms with Crippen LogP contribution in [0.15, 0.2) is 18.2 Å². The molecule has 0 bridgehead atoms. The highest BCUT2D eigenvalue weighted by atomic mass is 16.5. The molecule has 0 radical (unpaired) electrons. The van der Waals surface area contributed by atoms with Gasteiger partial charge >= 0.3 is 0 Å². The van der Waals surface area contributed by atoms with Gasteiger partial charge in [0.25, 0.3) is 5.91 Å². The van der Waals surface area contributed by atoms with E-state index in [1.807, 2.05) is 18.7 Å². The van der Waals surface area contributed by atoms with E-state index in [1.165, 1.54) is 0 Å². The second-order valence-corrected chi connectivity index (χ2v) is 8.97. The zero-order chi connectivity index (χ0) is 23.4. The third kappa shape index (κ3) is 5.59. The minimum atomic E-state index is -0.225. The molecule has 0 spiro atoms. The standard InChI is InChI=1S/C24H35N3O5/c1-6-22(28)25-18-9-10-20-19(11-18)24(30)26(4)13-21(31-5)15(2)12-27(16(3)14-32-20)23(29)17-7-8-17/h9-11,15-17,21H,6-8,12-14H2,1-5H3,(H,25,28)/t15-,16+,21+/m1/s1. The fourth-order valence-electron chi connectivity index (χ4n) is 3.98. The summed E-state index contributed by atoms with van der Waals surface area (Å²) >= 11 is 0. The van der Waals surface area contributed by atoms with E-state index in [0.717, 1.165) is 12.8 Å². The predicted octanol–water partition coefficient (Wildman–Crippen LogP) is 2.78. The maximum Gasteiger partial charge on any atom is 0.257 e. The van der Waals surface area contributed by atoms with Crippen molar-refractivity contribution < 1.29 is 23.9 Å². The normalized spacial score (nSPS) is 24.7. The number of benzene rings is 1. The summed E-state index contributed by atoms with van der Waals surface area (Å²) in [6.45, 7) is 6.99. The average molecular weight is 446 g/mol. The monoisotopic (exact) mass is 445 g/mol. The van der Waals surface area contributed by atoms with Crippen molar-refractivity contribution in [1.82, 2.24) is 9.80 Å². The van der Waals surface area contributed by atoms with Crippen molar-refractivity contribution in [3.05, 3.63) is 23.8 Å². The molecule has 1 aromatic carbocycles. The zero-order valence-electron chi connectivity index (χ0n) is 19.7. The third-order valence-electron chi connectivity index (χ3n) is 6.26. The number of fused-ring (bicyclic) bond motifs is 1. The lowest BCUT2D eigenvalue weighted by atomic mass is 10.0. The molecule has 0 saturated heterocycles. The van der Waals surface area contributed by atoms with Crippen molar-refractivity contribution in [1.29, 1.82) is 0 Å². The number of likely N-dealkylation sites (N-methyl/N-ethyl adjacent to an activating group) is 1. The van der Waals surface area contributed by atoms with Crippen LogP contribution >= 0.6 is 0 Å². The smallest absolute Gasteiger partial charge is 0.257 e. The van der Waals surface area contributed by atoms with Crippen LogP contribution in [0.3, 0.4) is 0 Å². The average Bonchev–Trinajstić information content (AvgIpc) is 3.63. The van der Waals surface area contributed by atoms with Crippen molar-refractivity contribution in [2.75, 3.05) is 39.2 Å². The lowest BCUT2D eigenvalue weighted by molar-refractivity contribution is -0.136. The molecule has 1 aliphatic heterocycles. The van der Waals surface area contributed by atoms with Gasteiger partial charge in [0.1, 0.15) is 12.4 Å². The van der Waals surface area contributed by atoms with Gasteiger partial charge < -0.3 is 24.6 Å². The quantitative estimate of drug-likeness (QED) is 0.770. The van der Waals surface area contributed by atoms with Gasteiger partial charge in [-0.05, 0) is 38.0 Å². The first-order chi connectivity index (χ1) is 15.2. The predicted molar refractivity (Wildman–Crippen MR) is 122 cm³/mol. The first-order valence-electron chi connectivity index (χ1n) is 11.4. The maximum absolute atomic E-state index is 13.3. The Balaban J connectivity index is 1.94. The molecule has 1 aromatic rings. The van der Waals surface area contributed by atoms with Crippen LogP contribution in [0.5, 0.6) is 5.75 Å². The van der Waals surface area contributed by atoms with Gasteiger partial charge in [-0.3, -0.25) is 14.4 Å². The second kappa shape index (κ2) is 10.3. The molecular formula is C24H35N3O5. The summed E-state index contributed by atoms with van der Waals surface area (Å²) in [4.78, 5) is 41.6. The molecule has 176 valence electrons. The van der Waals surface area contributed by atoms with Crippen molar-refractivity contribution in [3.63, 3.8) is 0 Å². The lowest BCUT2D eigenvalue weighted by Gasteiger charge is -2.36. The second-order valence-electron chi connectivity index (χ2n) is 8.97. The number of hydrogen-bond acceptors (Lipinski definition) is 5. The molecule has 3 rings (SSSR count). The van der Waals surface area contributed by atoms with Crippen molar-refractivity contribution in [3.8, 4) is 5.75 Å². The Hall–Kier alpha value is -2.61. The van der Waals surface area contributed by atoms with Gasteiger partial charge in [0.2, 0.25) is 11.8 Å². The van der Waals surface area contributed by atoms with Gasteiger partial charge in [-0.1, -0.05) is 13.8 Å². The van der Waals surface area contributed by atoms with E-state index < -0.39 is 0 Å². The highest BCUT2D eigenvalue weighted by Gasteiger charge is 2.37. The number of rotatable bonds is 4. The molecule has 2 aliphatic rings. The van der Waals surface area contributed by atoms with Crippen LogP contribution < -0.4 is 10.1 Å². The van der Waals surface area contributed by atoms with E-state index in [2.05, 4.69) is 5.32 Å². The number of hydrogen-bond donors (Lipinski definition) is 1. The van der Waals surface area contributed by atoms with Crippen LogP contribution in [0, 0.1) is 11.8 Å². The molecule has 1 N–H and O–H groups in total. The molecule has 0 unspecified atom stereocenters. The Kier molecular flexibility index (Phi) is 7.77. The summed E-state index contributed by atoms with van der Waals surface area (Å²) in [7, 11) is 3.36. The summed E-state index contributed by atoms with van der Waals surface area (Å²) in [6.07, 6.45) is 2.00. The van der Waals surface area contributed by atoms with Gasteiger partial charge in [-0.15, -0.1) is 0 Å². The molecule has 3 amide bonds. The van der Waals surface area contributed by atoms with Gasteiger partial charge in [0.15, 0.2) is 0 Å². The van der Waals surface area contributed by atoms with Crippen LogP contribution in [0.4, 0.5) is 5.69 Å². The number of amides is 3.